The van der Waals surface area contributed by atoms with Crippen LogP contribution in [0.5, 0.6) is 0 Å². The molecule has 8 heavy (non-hydrogen) atoms. The lowest BCUT2D eigenvalue weighted by molar-refractivity contribution is 0.675. The van der Waals surface area contributed by atoms with Gasteiger partial charge in [0.1, 0.15) is 0 Å². The second-order valence-electron chi connectivity index (χ2n) is 1.24. The van der Waals surface area contributed by atoms with Gasteiger partial charge in [-0.15, -0.1) is 6.58 Å². The largest absolute Gasteiger partial charge is 0.103 e. The van der Waals surface area contributed by atoms with E-state index in [9.17, 15) is 0 Å². The Labute approximate surface area is 61.0 Å². The third kappa shape index (κ3) is 5.74. The molecule has 48 valence electrons. The average Bonchev–Trinajstić information content (AvgIpc) is 2.23. The molecule has 0 heterocycles. The van der Waals surface area contributed by atoms with Crippen molar-refractivity contribution in [3.8, 4) is 0 Å². The van der Waals surface area contributed by atoms with Gasteiger partial charge in [-0.25, -0.2) is 0 Å². The third-order valence-corrected chi connectivity index (χ3v) is 0.605. The zero-order valence-electron chi connectivity index (χ0n) is 10.9. The van der Waals surface area contributed by atoms with E-state index in [2.05, 4.69) is 6.58 Å². The maximum Gasteiger partial charge on any atom is 0.0310 e. The molecule has 0 aliphatic rings. The molecule has 0 radical (unpaired) electrons. The van der Waals surface area contributed by atoms with Crippen LogP contribution in [0, 0.1) is 0 Å². The van der Waals surface area contributed by atoms with Crippen molar-refractivity contribution >= 4 is 0 Å². The minimum atomic E-state index is -1.12. The highest BCUT2D eigenvalue weighted by atomic mass is 13.9. The summed E-state index contributed by atoms with van der Waals surface area (Å²) in [6.07, 6.45) is -3.89. The summed E-state index contributed by atoms with van der Waals surface area (Å²) in [6, 6.07) is 0. The van der Waals surface area contributed by atoms with E-state index in [0.717, 1.165) is 0 Å². The third-order valence-electron chi connectivity index (χ3n) is 0.605. The summed E-state index contributed by atoms with van der Waals surface area (Å²) in [5, 5.41) is 0. The summed E-state index contributed by atoms with van der Waals surface area (Å²) in [5.41, 5.74) is 0. The van der Waals surface area contributed by atoms with Crippen LogP contribution >= 0.6 is 0 Å². The summed E-state index contributed by atoms with van der Waals surface area (Å²) in [7, 11) is 0. The molecule has 0 nitrogen and oxygen atoms in total. The summed E-state index contributed by atoms with van der Waals surface area (Å²) in [5.74, 6) is 0. The van der Waals surface area contributed by atoms with Crippen LogP contribution in [0.15, 0.2) is 12.7 Å². The number of allylic oxidation sites excluding steroid dienone is 1. The smallest absolute Gasteiger partial charge is 0.0310 e. The summed E-state index contributed by atoms with van der Waals surface area (Å²) in [6.45, 7) is 3.11. The van der Waals surface area contributed by atoms with E-state index in [1.54, 1.807) is 0 Å². The Balaban J connectivity index is 4.29. The highest BCUT2D eigenvalue weighted by molar-refractivity contribution is 4.64. The maximum atomic E-state index is 7.51. The van der Waals surface area contributed by atoms with Gasteiger partial charge in [-0.2, -0.15) is 0 Å². The second-order valence-corrected chi connectivity index (χ2v) is 1.24. The molecule has 0 saturated carbocycles. The molecule has 0 fully saturated rings. The van der Waals surface area contributed by atoms with E-state index < -0.39 is 32.0 Å². The molecule has 0 spiro atoms. The number of hydrogen-bond donors (Lipinski definition) is 0. The van der Waals surface area contributed by atoms with Crippen molar-refractivity contribution in [3.05, 3.63) is 12.7 Å². The van der Waals surface area contributed by atoms with E-state index in [-0.39, 0.29) is 6.90 Å². The maximum absolute atomic E-state index is 7.51. The summed E-state index contributed by atoms with van der Waals surface area (Å²) >= 11 is 0. The van der Waals surface area contributed by atoms with E-state index in [1.807, 2.05) is 0 Å². The first kappa shape index (κ1) is 2.17. The van der Waals surface area contributed by atoms with Crippen LogP contribution in [0.1, 0.15) is 47.1 Å². The van der Waals surface area contributed by atoms with Gasteiger partial charge in [-0.05, 0) is 12.8 Å². The van der Waals surface area contributed by atoms with Gasteiger partial charge in [0.15, 0.2) is 0 Å². The molecule has 0 amide bonds. The van der Waals surface area contributed by atoms with Gasteiger partial charge < -0.3 is 0 Å². The molecule has 0 rings (SSSR count). The van der Waals surface area contributed by atoms with Gasteiger partial charge in [0.05, 0.1) is 0 Å². The van der Waals surface area contributed by atoms with Crippen molar-refractivity contribution in [2.75, 3.05) is 0 Å². The lowest BCUT2D eigenvalue weighted by atomic mass is 10.2. The molecule has 0 aromatic carbocycles. The molecule has 0 N–H and O–H groups in total. The Hall–Kier alpha value is -0.260. The highest BCUT2D eigenvalue weighted by Gasteiger charge is 1.81. The van der Waals surface area contributed by atoms with Crippen molar-refractivity contribution in [2.45, 2.75) is 38.9 Å². The Morgan fingerprint density at radius 3 is 3.12 bits per heavy atom. The number of hydrogen-bond acceptors (Lipinski definition) is 0. The number of rotatable bonds is 5. The molecule has 0 saturated heterocycles. The normalized spacial score (nSPS) is 39.5. The van der Waals surface area contributed by atoms with E-state index in [4.69, 9.17) is 8.22 Å². The van der Waals surface area contributed by atoms with Crippen LogP contribution < -0.4 is 0 Å². The van der Waals surface area contributed by atoms with Gasteiger partial charge in [-0.1, -0.05) is 32.2 Å². The molecular formula is C8H16. The Morgan fingerprint density at radius 2 is 2.50 bits per heavy atom. The molecule has 0 bridgehead atoms. The fraction of sp³-hybridized carbons (Fsp3) is 0.750. The van der Waals surface area contributed by atoms with Gasteiger partial charge in [-0.3, -0.25) is 0 Å². The van der Waals surface area contributed by atoms with Crippen molar-refractivity contribution in [1.82, 2.24) is 0 Å². The van der Waals surface area contributed by atoms with Crippen LogP contribution in [-0.2, 0) is 0 Å². The van der Waals surface area contributed by atoms with Crippen molar-refractivity contribution in [2.24, 2.45) is 0 Å². The standard InChI is InChI=1S/C8H16/c1-3-5-7-8-6-4-2/h3H,1,4-8H2,2H3/i2D,4D,5D,6D,7D,8D. The molecule has 0 aromatic rings. The monoisotopic (exact) mass is 118 g/mol. The fourth-order valence-electron chi connectivity index (χ4n) is 0.285. The summed E-state index contributed by atoms with van der Waals surface area (Å²) < 4.78 is 43.9. The minimum Gasteiger partial charge on any atom is -0.103 e. The average molecular weight is 118 g/mol. The molecule has 0 aliphatic heterocycles. The zero-order chi connectivity index (χ0) is 11.3. The second kappa shape index (κ2) is 6.74. The van der Waals surface area contributed by atoms with Crippen LogP contribution in [0.4, 0.5) is 0 Å². The van der Waals surface area contributed by atoms with Crippen LogP contribution in [-0.4, -0.2) is 0 Å². The lowest BCUT2D eigenvalue weighted by Crippen LogP contribution is -1.71. The SMILES string of the molecule is [2H]CC([2H])C([2H])C([2H])C([2H])C([2H])C=C. The van der Waals surface area contributed by atoms with Crippen molar-refractivity contribution in [3.63, 3.8) is 0 Å². The lowest BCUT2D eigenvalue weighted by Gasteiger charge is -1.91. The highest BCUT2D eigenvalue weighted by Crippen LogP contribution is 2.01. The fourth-order valence-corrected chi connectivity index (χ4v) is 0.285. The van der Waals surface area contributed by atoms with Crippen molar-refractivity contribution < 1.29 is 8.22 Å². The van der Waals surface area contributed by atoms with E-state index >= 15 is 0 Å². The molecule has 0 heteroatoms. The first-order chi connectivity index (χ1) is 6.45. The predicted octanol–water partition coefficient (Wildman–Crippen LogP) is 3.14. The topological polar surface area (TPSA) is 0 Å². The quantitative estimate of drug-likeness (QED) is 0.486. The van der Waals surface area contributed by atoms with Gasteiger partial charge >= 0.3 is 0 Å². The first-order valence-electron chi connectivity index (χ1n) is 6.08. The molecule has 0 aromatic heterocycles. The molecule has 5 atom stereocenters. The van der Waals surface area contributed by atoms with E-state index in [1.165, 1.54) is 6.08 Å². The Bertz CT molecular complexity index is 173. The minimum absolute atomic E-state index is 0.243. The molecule has 0 aliphatic carbocycles. The Morgan fingerprint density at radius 1 is 1.62 bits per heavy atom. The van der Waals surface area contributed by atoms with E-state index in [0.29, 0.717) is 0 Å². The Kier molecular flexibility index (Phi) is 1.83. The van der Waals surface area contributed by atoms with Crippen LogP contribution in [0.25, 0.3) is 0 Å². The first-order valence-corrected chi connectivity index (χ1v) is 2.48. The predicted molar refractivity (Wildman–Crippen MR) is 39.0 cm³/mol. The van der Waals surface area contributed by atoms with Gasteiger partial charge in [0.2, 0.25) is 0 Å². The van der Waals surface area contributed by atoms with Gasteiger partial charge in [0.25, 0.3) is 0 Å². The van der Waals surface area contributed by atoms with Gasteiger partial charge in [0, 0.05) is 8.22 Å². The molecular weight excluding hydrogens is 96.1 g/mol. The van der Waals surface area contributed by atoms with Crippen molar-refractivity contribution in [1.29, 1.82) is 0 Å². The molecule has 5 unspecified atom stereocenters. The summed E-state index contributed by atoms with van der Waals surface area (Å²) in [4.78, 5) is 0. The van der Waals surface area contributed by atoms with Crippen LogP contribution in [0.3, 0.4) is 0 Å². The zero-order valence-corrected chi connectivity index (χ0v) is 4.88. The van der Waals surface area contributed by atoms with Crippen LogP contribution in [0.2, 0.25) is 0 Å².